The SMILES string of the molecule is CCN(C)C(=O)Cn1cc(C#N)c(=O)[nH]c1=O. The highest BCUT2D eigenvalue weighted by Gasteiger charge is 2.10. The molecule has 90 valence electrons. The first-order chi connectivity index (χ1) is 7.99. The van der Waals surface area contributed by atoms with E-state index in [0.717, 1.165) is 10.8 Å². The number of H-pyrrole nitrogens is 1. The van der Waals surface area contributed by atoms with E-state index >= 15 is 0 Å². The maximum atomic E-state index is 11.6. The number of nitrogens with zero attached hydrogens (tertiary/aromatic N) is 3. The van der Waals surface area contributed by atoms with Crippen molar-refractivity contribution in [3.05, 3.63) is 32.6 Å². The average molecular weight is 236 g/mol. The van der Waals surface area contributed by atoms with Crippen molar-refractivity contribution in [2.45, 2.75) is 13.5 Å². The molecular weight excluding hydrogens is 224 g/mol. The van der Waals surface area contributed by atoms with Crippen molar-refractivity contribution in [2.24, 2.45) is 0 Å². The molecule has 7 heteroatoms. The molecule has 0 fully saturated rings. The van der Waals surface area contributed by atoms with E-state index in [0.29, 0.717) is 6.54 Å². The van der Waals surface area contributed by atoms with Gasteiger partial charge in [0, 0.05) is 19.8 Å². The Bertz CT molecular complexity index is 578. The van der Waals surface area contributed by atoms with E-state index < -0.39 is 11.2 Å². The molecule has 1 aromatic heterocycles. The molecule has 1 aromatic rings. The summed E-state index contributed by atoms with van der Waals surface area (Å²) in [4.78, 5) is 37.5. The third kappa shape index (κ3) is 2.81. The second kappa shape index (κ2) is 5.12. The highest BCUT2D eigenvalue weighted by Crippen LogP contribution is 1.90. The molecule has 0 spiro atoms. The number of aromatic amines is 1. The Balaban J connectivity index is 3.09. The molecule has 1 heterocycles. The van der Waals surface area contributed by atoms with Crippen molar-refractivity contribution in [3.8, 4) is 6.07 Å². The maximum Gasteiger partial charge on any atom is 0.328 e. The van der Waals surface area contributed by atoms with Crippen molar-refractivity contribution < 1.29 is 4.79 Å². The summed E-state index contributed by atoms with van der Waals surface area (Å²) in [6.07, 6.45) is 1.09. The normalized spacial score (nSPS) is 9.71. The number of amides is 1. The quantitative estimate of drug-likeness (QED) is 0.719. The van der Waals surface area contributed by atoms with Crippen LogP contribution < -0.4 is 11.2 Å². The van der Waals surface area contributed by atoms with Crippen molar-refractivity contribution >= 4 is 5.91 Å². The monoisotopic (exact) mass is 236 g/mol. The zero-order valence-corrected chi connectivity index (χ0v) is 9.56. The molecule has 0 bridgehead atoms. The molecule has 7 nitrogen and oxygen atoms in total. The van der Waals surface area contributed by atoms with Crippen LogP contribution in [0.4, 0.5) is 0 Å². The summed E-state index contributed by atoms with van der Waals surface area (Å²) in [6, 6.07) is 1.65. The number of nitriles is 1. The summed E-state index contributed by atoms with van der Waals surface area (Å²) in [6.45, 7) is 2.12. The number of rotatable bonds is 3. The van der Waals surface area contributed by atoms with Gasteiger partial charge in [-0.1, -0.05) is 0 Å². The van der Waals surface area contributed by atoms with Crippen LogP contribution in [0.2, 0.25) is 0 Å². The largest absolute Gasteiger partial charge is 0.344 e. The molecule has 0 saturated heterocycles. The molecule has 17 heavy (non-hydrogen) atoms. The Hall–Kier alpha value is -2.36. The highest BCUT2D eigenvalue weighted by atomic mass is 16.2. The minimum atomic E-state index is -0.745. The molecule has 0 atom stereocenters. The fourth-order valence-corrected chi connectivity index (χ4v) is 1.15. The van der Waals surface area contributed by atoms with Crippen LogP contribution in [0.5, 0.6) is 0 Å². The lowest BCUT2D eigenvalue weighted by Gasteiger charge is -2.14. The Kier molecular flexibility index (Phi) is 3.82. The predicted octanol–water partition coefficient (Wildman–Crippen LogP) is -1.11. The fourth-order valence-electron chi connectivity index (χ4n) is 1.15. The van der Waals surface area contributed by atoms with E-state index in [1.54, 1.807) is 20.0 Å². The molecule has 1 N–H and O–H groups in total. The van der Waals surface area contributed by atoms with Gasteiger partial charge in [-0.15, -0.1) is 0 Å². The van der Waals surface area contributed by atoms with Gasteiger partial charge in [0.25, 0.3) is 5.56 Å². The molecule has 0 unspecified atom stereocenters. The van der Waals surface area contributed by atoms with Crippen LogP contribution in [0.25, 0.3) is 0 Å². The summed E-state index contributed by atoms with van der Waals surface area (Å²) in [5.41, 5.74) is -1.64. The van der Waals surface area contributed by atoms with Crippen LogP contribution in [0.3, 0.4) is 0 Å². The Morgan fingerprint density at radius 3 is 2.76 bits per heavy atom. The number of aromatic nitrogens is 2. The van der Waals surface area contributed by atoms with Gasteiger partial charge in [0.1, 0.15) is 18.2 Å². The van der Waals surface area contributed by atoms with Crippen molar-refractivity contribution in [1.82, 2.24) is 14.5 Å². The number of hydrogen-bond donors (Lipinski definition) is 1. The minimum Gasteiger partial charge on any atom is -0.344 e. The molecule has 0 aliphatic carbocycles. The highest BCUT2D eigenvalue weighted by molar-refractivity contribution is 5.75. The summed E-state index contributed by atoms with van der Waals surface area (Å²) in [7, 11) is 1.60. The Labute approximate surface area is 96.9 Å². The van der Waals surface area contributed by atoms with Crippen molar-refractivity contribution in [2.75, 3.05) is 13.6 Å². The zero-order valence-electron chi connectivity index (χ0n) is 9.56. The smallest absolute Gasteiger partial charge is 0.328 e. The number of carbonyl (C=O) groups is 1. The Morgan fingerprint density at radius 2 is 2.24 bits per heavy atom. The lowest BCUT2D eigenvalue weighted by molar-refractivity contribution is -0.130. The molecule has 1 rings (SSSR count). The van der Waals surface area contributed by atoms with Crippen molar-refractivity contribution in [3.63, 3.8) is 0 Å². The van der Waals surface area contributed by atoms with Gasteiger partial charge in [0.05, 0.1) is 0 Å². The minimum absolute atomic E-state index is 0.198. The Morgan fingerprint density at radius 1 is 1.59 bits per heavy atom. The molecular formula is C10H12N4O3. The first-order valence-electron chi connectivity index (χ1n) is 4.97. The van der Waals surface area contributed by atoms with E-state index in [1.165, 1.54) is 4.90 Å². The van der Waals surface area contributed by atoms with Gasteiger partial charge in [0.2, 0.25) is 5.91 Å². The standard InChI is InChI=1S/C10H12N4O3/c1-3-13(2)8(15)6-14-5-7(4-11)9(16)12-10(14)17/h5H,3,6H2,1-2H3,(H,12,16,17). The van der Waals surface area contributed by atoms with Crippen LogP contribution >= 0.6 is 0 Å². The van der Waals surface area contributed by atoms with Gasteiger partial charge >= 0.3 is 5.69 Å². The zero-order chi connectivity index (χ0) is 13.0. The number of carbonyl (C=O) groups excluding carboxylic acids is 1. The average Bonchev–Trinajstić information content (AvgIpc) is 2.31. The van der Waals surface area contributed by atoms with E-state index in [9.17, 15) is 14.4 Å². The summed E-state index contributed by atoms with van der Waals surface area (Å²) < 4.78 is 1.01. The number of hydrogen-bond acceptors (Lipinski definition) is 4. The fraction of sp³-hybridized carbons (Fsp3) is 0.400. The first kappa shape index (κ1) is 12.7. The summed E-state index contributed by atoms with van der Waals surface area (Å²) in [5.74, 6) is -0.273. The molecule has 0 radical (unpaired) electrons. The molecule has 0 saturated carbocycles. The van der Waals surface area contributed by atoms with E-state index in [2.05, 4.69) is 0 Å². The van der Waals surface area contributed by atoms with Gasteiger partial charge in [0.15, 0.2) is 0 Å². The van der Waals surface area contributed by atoms with Crippen LogP contribution in [0.15, 0.2) is 15.8 Å². The predicted molar refractivity (Wildman–Crippen MR) is 59.3 cm³/mol. The van der Waals surface area contributed by atoms with Crippen LogP contribution in [0, 0.1) is 11.3 Å². The van der Waals surface area contributed by atoms with Gasteiger partial charge < -0.3 is 4.90 Å². The van der Waals surface area contributed by atoms with Crippen LogP contribution in [-0.4, -0.2) is 34.0 Å². The molecule has 0 aromatic carbocycles. The number of likely N-dealkylation sites (N-methyl/N-ethyl adjacent to an activating group) is 1. The second-order valence-corrected chi connectivity index (χ2v) is 3.45. The summed E-state index contributed by atoms with van der Waals surface area (Å²) in [5, 5.41) is 8.64. The van der Waals surface area contributed by atoms with Crippen LogP contribution in [-0.2, 0) is 11.3 Å². The lowest BCUT2D eigenvalue weighted by atomic mass is 10.3. The van der Waals surface area contributed by atoms with E-state index in [4.69, 9.17) is 5.26 Å². The van der Waals surface area contributed by atoms with Gasteiger partial charge in [-0.3, -0.25) is 19.1 Å². The van der Waals surface area contributed by atoms with Gasteiger partial charge in [-0.05, 0) is 6.92 Å². The summed E-state index contributed by atoms with van der Waals surface area (Å²) >= 11 is 0. The molecule has 0 aliphatic rings. The van der Waals surface area contributed by atoms with E-state index in [-0.39, 0.29) is 18.0 Å². The topological polar surface area (TPSA) is 99.0 Å². The van der Waals surface area contributed by atoms with Gasteiger partial charge in [-0.2, -0.15) is 5.26 Å². The first-order valence-corrected chi connectivity index (χ1v) is 4.97. The molecule has 1 amide bonds. The maximum absolute atomic E-state index is 11.6. The van der Waals surface area contributed by atoms with Crippen LogP contribution in [0.1, 0.15) is 12.5 Å². The van der Waals surface area contributed by atoms with Crippen molar-refractivity contribution in [1.29, 1.82) is 5.26 Å². The lowest BCUT2D eigenvalue weighted by Crippen LogP contribution is -2.37. The van der Waals surface area contributed by atoms with Gasteiger partial charge in [-0.25, -0.2) is 4.79 Å². The number of nitrogens with one attached hydrogen (secondary N) is 1. The second-order valence-electron chi connectivity index (χ2n) is 3.45. The third-order valence-corrected chi connectivity index (χ3v) is 2.34. The molecule has 0 aliphatic heterocycles. The van der Waals surface area contributed by atoms with E-state index in [1.807, 2.05) is 4.98 Å². The third-order valence-electron chi connectivity index (χ3n) is 2.34.